The Balaban J connectivity index is 1.86. The average Bonchev–Trinajstić information content (AvgIpc) is 2.74. The minimum atomic E-state index is -0.814. The lowest BCUT2D eigenvalue weighted by Crippen LogP contribution is -2.15. The second kappa shape index (κ2) is 7.39. The molecule has 3 nitrogen and oxygen atoms in total. The number of aliphatic hydroxyl groups excluding tert-OH is 2. The number of methoxy groups -OCH3 is 1. The van der Waals surface area contributed by atoms with Crippen LogP contribution in [-0.4, -0.2) is 23.9 Å². The van der Waals surface area contributed by atoms with Crippen molar-refractivity contribution in [1.82, 2.24) is 0 Å². The summed E-state index contributed by atoms with van der Waals surface area (Å²) in [6.45, 7) is -0.143. The van der Waals surface area contributed by atoms with E-state index >= 15 is 0 Å². The highest BCUT2D eigenvalue weighted by Gasteiger charge is 2.24. The standard InChI is InChI=1S/C24H22O3/c1-27-18-12-10-16(11-13-18)24(26)23(15-25)22-14-17-6-2-3-7-19(17)20-8-4-5-9-21(20)22/h2-14,23-26H,15H2,1H3. The third-order valence-electron chi connectivity index (χ3n) is 5.23. The SMILES string of the molecule is COc1ccc(C(O)C(CO)c2cc3ccccc3c3ccccc23)cc1. The topological polar surface area (TPSA) is 49.7 Å². The van der Waals surface area contributed by atoms with Crippen molar-refractivity contribution in [2.45, 2.75) is 12.0 Å². The molecule has 0 aromatic heterocycles. The predicted octanol–water partition coefficient (Wildman–Crippen LogP) is 4.81. The zero-order valence-electron chi connectivity index (χ0n) is 15.2. The first-order valence-corrected chi connectivity index (χ1v) is 9.06. The number of aliphatic hydroxyl groups is 2. The Morgan fingerprint density at radius 1 is 0.815 bits per heavy atom. The van der Waals surface area contributed by atoms with Crippen LogP contribution in [-0.2, 0) is 0 Å². The maximum atomic E-state index is 11.0. The Bertz CT molecular complexity index is 1070. The second-order valence-corrected chi connectivity index (χ2v) is 6.74. The zero-order chi connectivity index (χ0) is 18.8. The van der Waals surface area contributed by atoms with Crippen molar-refractivity contribution in [3.05, 3.63) is 90.0 Å². The van der Waals surface area contributed by atoms with Crippen LogP contribution in [0.5, 0.6) is 5.75 Å². The highest BCUT2D eigenvalue weighted by atomic mass is 16.5. The van der Waals surface area contributed by atoms with Gasteiger partial charge in [0, 0.05) is 5.92 Å². The van der Waals surface area contributed by atoms with E-state index in [-0.39, 0.29) is 6.61 Å². The van der Waals surface area contributed by atoms with Gasteiger partial charge in [-0.1, -0.05) is 66.7 Å². The van der Waals surface area contributed by atoms with E-state index in [0.717, 1.165) is 33.0 Å². The van der Waals surface area contributed by atoms with E-state index in [1.807, 2.05) is 48.5 Å². The van der Waals surface area contributed by atoms with Crippen molar-refractivity contribution in [2.75, 3.05) is 13.7 Å². The molecule has 0 radical (unpaired) electrons. The highest BCUT2D eigenvalue weighted by Crippen LogP contribution is 2.38. The molecule has 0 aliphatic rings. The fourth-order valence-electron chi connectivity index (χ4n) is 3.79. The monoisotopic (exact) mass is 358 g/mol. The maximum absolute atomic E-state index is 11.0. The first-order valence-electron chi connectivity index (χ1n) is 9.06. The molecule has 0 fully saturated rings. The molecule has 0 heterocycles. The second-order valence-electron chi connectivity index (χ2n) is 6.74. The number of rotatable bonds is 5. The predicted molar refractivity (Wildman–Crippen MR) is 109 cm³/mol. The molecule has 4 aromatic carbocycles. The molecule has 136 valence electrons. The Kier molecular flexibility index (Phi) is 4.80. The molecule has 27 heavy (non-hydrogen) atoms. The van der Waals surface area contributed by atoms with Crippen LogP contribution >= 0.6 is 0 Å². The molecule has 0 saturated carbocycles. The first-order chi connectivity index (χ1) is 13.2. The summed E-state index contributed by atoms with van der Waals surface area (Å²) in [4.78, 5) is 0. The molecule has 0 aliphatic carbocycles. The minimum absolute atomic E-state index is 0.143. The lowest BCUT2D eigenvalue weighted by Gasteiger charge is -2.24. The molecule has 3 heteroatoms. The summed E-state index contributed by atoms with van der Waals surface area (Å²) in [5.74, 6) is 0.315. The van der Waals surface area contributed by atoms with E-state index in [9.17, 15) is 10.2 Å². The van der Waals surface area contributed by atoms with Gasteiger partial charge in [-0.2, -0.15) is 0 Å². The van der Waals surface area contributed by atoms with E-state index in [0.29, 0.717) is 0 Å². The fraction of sp³-hybridized carbons (Fsp3) is 0.167. The molecule has 0 spiro atoms. The van der Waals surface area contributed by atoms with Gasteiger partial charge < -0.3 is 14.9 Å². The molecule has 2 unspecified atom stereocenters. The van der Waals surface area contributed by atoms with Gasteiger partial charge in [-0.25, -0.2) is 0 Å². The summed E-state index contributed by atoms with van der Waals surface area (Å²) in [6, 6.07) is 25.8. The zero-order valence-corrected chi connectivity index (χ0v) is 15.2. The van der Waals surface area contributed by atoms with Crippen LogP contribution in [0.4, 0.5) is 0 Å². The van der Waals surface area contributed by atoms with Gasteiger partial charge in [0.05, 0.1) is 19.8 Å². The lowest BCUT2D eigenvalue weighted by molar-refractivity contribution is 0.107. The third kappa shape index (κ3) is 3.16. The molecular weight excluding hydrogens is 336 g/mol. The Morgan fingerprint density at radius 3 is 2.11 bits per heavy atom. The molecule has 2 atom stereocenters. The van der Waals surface area contributed by atoms with Gasteiger partial charge in [-0.3, -0.25) is 0 Å². The third-order valence-corrected chi connectivity index (χ3v) is 5.23. The van der Waals surface area contributed by atoms with Gasteiger partial charge in [-0.15, -0.1) is 0 Å². The summed E-state index contributed by atoms with van der Waals surface area (Å²) in [5, 5.41) is 25.7. The summed E-state index contributed by atoms with van der Waals surface area (Å²) in [5.41, 5.74) is 1.71. The van der Waals surface area contributed by atoms with Gasteiger partial charge >= 0.3 is 0 Å². The largest absolute Gasteiger partial charge is 0.497 e. The van der Waals surface area contributed by atoms with Crippen molar-refractivity contribution >= 4 is 21.5 Å². The van der Waals surface area contributed by atoms with Crippen LogP contribution < -0.4 is 4.74 Å². The Hall–Kier alpha value is -2.88. The van der Waals surface area contributed by atoms with Gasteiger partial charge in [0.1, 0.15) is 5.75 Å². The van der Waals surface area contributed by atoms with Crippen LogP contribution in [0, 0.1) is 0 Å². The summed E-state index contributed by atoms with van der Waals surface area (Å²) in [6.07, 6.45) is -0.814. The molecule has 0 bridgehead atoms. The Labute approximate surface area is 158 Å². The molecule has 0 amide bonds. The molecule has 2 N–H and O–H groups in total. The van der Waals surface area contributed by atoms with Gasteiger partial charge in [-0.05, 0) is 44.8 Å². The minimum Gasteiger partial charge on any atom is -0.497 e. The van der Waals surface area contributed by atoms with E-state index in [1.165, 1.54) is 5.39 Å². The smallest absolute Gasteiger partial charge is 0.118 e. The van der Waals surface area contributed by atoms with E-state index in [2.05, 4.69) is 30.3 Å². The molecule has 4 rings (SSSR count). The van der Waals surface area contributed by atoms with E-state index < -0.39 is 12.0 Å². The van der Waals surface area contributed by atoms with Crippen LogP contribution in [0.2, 0.25) is 0 Å². The summed E-state index contributed by atoms with van der Waals surface area (Å²) >= 11 is 0. The summed E-state index contributed by atoms with van der Waals surface area (Å²) < 4.78 is 5.20. The van der Waals surface area contributed by atoms with Crippen molar-refractivity contribution in [1.29, 1.82) is 0 Å². The van der Waals surface area contributed by atoms with Crippen LogP contribution in [0.15, 0.2) is 78.9 Å². The maximum Gasteiger partial charge on any atom is 0.118 e. The normalized spacial score (nSPS) is 13.6. The van der Waals surface area contributed by atoms with Crippen LogP contribution in [0.1, 0.15) is 23.1 Å². The summed E-state index contributed by atoms with van der Waals surface area (Å²) in [7, 11) is 1.61. The molecule has 4 aromatic rings. The van der Waals surface area contributed by atoms with E-state index in [1.54, 1.807) is 7.11 Å². The van der Waals surface area contributed by atoms with E-state index in [4.69, 9.17) is 4.74 Å². The van der Waals surface area contributed by atoms with Crippen LogP contribution in [0.25, 0.3) is 21.5 Å². The number of benzene rings is 4. The van der Waals surface area contributed by atoms with Gasteiger partial charge in [0.2, 0.25) is 0 Å². The van der Waals surface area contributed by atoms with Crippen molar-refractivity contribution in [3.8, 4) is 5.75 Å². The number of hydrogen-bond acceptors (Lipinski definition) is 3. The molecule has 0 aliphatic heterocycles. The molecular formula is C24H22O3. The number of hydrogen-bond donors (Lipinski definition) is 2. The van der Waals surface area contributed by atoms with Crippen LogP contribution in [0.3, 0.4) is 0 Å². The fourth-order valence-corrected chi connectivity index (χ4v) is 3.79. The molecule has 0 saturated heterocycles. The number of ether oxygens (including phenoxy) is 1. The van der Waals surface area contributed by atoms with Crippen molar-refractivity contribution in [3.63, 3.8) is 0 Å². The number of fused-ring (bicyclic) bond motifs is 3. The quantitative estimate of drug-likeness (QED) is 0.503. The average molecular weight is 358 g/mol. The van der Waals surface area contributed by atoms with Gasteiger partial charge in [0.25, 0.3) is 0 Å². The van der Waals surface area contributed by atoms with Crippen molar-refractivity contribution < 1.29 is 14.9 Å². The van der Waals surface area contributed by atoms with Gasteiger partial charge in [0.15, 0.2) is 0 Å². The first kappa shape index (κ1) is 17.5. The lowest BCUT2D eigenvalue weighted by atomic mass is 9.85. The Morgan fingerprint density at radius 2 is 1.44 bits per heavy atom. The van der Waals surface area contributed by atoms with Crippen molar-refractivity contribution in [2.24, 2.45) is 0 Å². The highest BCUT2D eigenvalue weighted by molar-refractivity contribution is 6.09.